The Bertz CT molecular complexity index is 700. The standard InChI is InChI=1S/C21H32N4O/c1-6-7-25-17(4)12-19(18(25)5)13-20(14-22)21(26)24-10-8-23(9-11-24)15-16(2)3/h12-13,16H,6-11,15H2,1-5H3. The molecule has 1 saturated heterocycles. The molecule has 0 spiro atoms. The molecule has 1 aliphatic heterocycles. The number of hydrogen-bond donors (Lipinski definition) is 0. The lowest BCUT2D eigenvalue weighted by Gasteiger charge is -2.35. The van der Waals surface area contributed by atoms with Gasteiger partial charge in [-0.1, -0.05) is 20.8 Å². The van der Waals surface area contributed by atoms with Gasteiger partial charge < -0.3 is 9.47 Å². The topological polar surface area (TPSA) is 52.3 Å². The summed E-state index contributed by atoms with van der Waals surface area (Å²) in [7, 11) is 0. The van der Waals surface area contributed by atoms with Gasteiger partial charge in [0.25, 0.3) is 5.91 Å². The Kier molecular flexibility index (Phi) is 7.05. The molecule has 0 radical (unpaired) electrons. The molecule has 0 N–H and O–H groups in total. The van der Waals surface area contributed by atoms with Crippen LogP contribution in [0.4, 0.5) is 0 Å². The number of nitrogens with zero attached hydrogens (tertiary/aromatic N) is 4. The second kappa shape index (κ2) is 9.05. The summed E-state index contributed by atoms with van der Waals surface area (Å²) in [4.78, 5) is 17.0. The van der Waals surface area contributed by atoms with Gasteiger partial charge in [-0.25, -0.2) is 0 Å². The largest absolute Gasteiger partial charge is 0.349 e. The lowest BCUT2D eigenvalue weighted by molar-refractivity contribution is -0.128. The molecular weight excluding hydrogens is 324 g/mol. The van der Waals surface area contributed by atoms with Crippen LogP contribution in [0.2, 0.25) is 0 Å². The van der Waals surface area contributed by atoms with E-state index < -0.39 is 0 Å². The Hall–Kier alpha value is -2.06. The molecule has 0 atom stereocenters. The smallest absolute Gasteiger partial charge is 0.264 e. The summed E-state index contributed by atoms with van der Waals surface area (Å²) in [5.41, 5.74) is 3.49. The highest BCUT2D eigenvalue weighted by Crippen LogP contribution is 2.20. The molecule has 5 heteroatoms. The zero-order valence-electron chi connectivity index (χ0n) is 16.9. The predicted octanol–water partition coefficient (Wildman–Crippen LogP) is 3.22. The van der Waals surface area contributed by atoms with Gasteiger partial charge in [-0.2, -0.15) is 5.26 Å². The van der Waals surface area contributed by atoms with Gasteiger partial charge in [-0.3, -0.25) is 9.69 Å². The Morgan fingerprint density at radius 1 is 1.27 bits per heavy atom. The van der Waals surface area contributed by atoms with Crippen LogP contribution in [-0.2, 0) is 11.3 Å². The quantitative estimate of drug-likeness (QED) is 0.581. The molecule has 0 saturated carbocycles. The van der Waals surface area contributed by atoms with Gasteiger partial charge >= 0.3 is 0 Å². The van der Waals surface area contributed by atoms with Crippen LogP contribution < -0.4 is 0 Å². The van der Waals surface area contributed by atoms with E-state index in [0.717, 1.165) is 43.9 Å². The molecule has 5 nitrogen and oxygen atoms in total. The maximum Gasteiger partial charge on any atom is 0.264 e. The lowest BCUT2D eigenvalue weighted by atomic mass is 10.1. The third-order valence-corrected chi connectivity index (χ3v) is 4.99. The first kappa shape index (κ1) is 20.3. The summed E-state index contributed by atoms with van der Waals surface area (Å²) < 4.78 is 2.25. The van der Waals surface area contributed by atoms with E-state index in [9.17, 15) is 10.1 Å². The Morgan fingerprint density at radius 2 is 1.92 bits per heavy atom. The maximum atomic E-state index is 12.8. The van der Waals surface area contributed by atoms with Crippen LogP contribution in [0.1, 0.15) is 44.1 Å². The summed E-state index contributed by atoms with van der Waals surface area (Å²) in [6.45, 7) is 15.9. The molecule has 1 aromatic rings. The number of carbonyl (C=O) groups excluding carboxylic acids is 1. The van der Waals surface area contributed by atoms with E-state index in [1.165, 1.54) is 5.69 Å². The number of hydrogen-bond acceptors (Lipinski definition) is 3. The van der Waals surface area contributed by atoms with Crippen molar-refractivity contribution in [1.29, 1.82) is 5.26 Å². The van der Waals surface area contributed by atoms with Gasteiger partial charge in [0, 0.05) is 50.7 Å². The summed E-state index contributed by atoms with van der Waals surface area (Å²) in [6.07, 6.45) is 2.82. The van der Waals surface area contributed by atoms with Gasteiger partial charge in [0.05, 0.1) is 0 Å². The molecule has 0 unspecified atom stereocenters. The van der Waals surface area contributed by atoms with Crippen molar-refractivity contribution in [3.8, 4) is 6.07 Å². The van der Waals surface area contributed by atoms with Crippen molar-refractivity contribution in [2.24, 2.45) is 5.92 Å². The van der Waals surface area contributed by atoms with Gasteiger partial charge in [0.1, 0.15) is 11.6 Å². The monoisotopic (exact) mass is 356 g/mol. The fourth-order valence-corrected chi connectivity index (χ4v) is 3.66. The summed E-state index contributed by atoms with van der Waals surface area (Å²) in [6, 6.07) is 4.19. The fourth-order valence-electron chi connectivity index (χ4n) is 3.66. The van der Waals surface area contributed by atoms with E-state index in [-0.39, 0.29) is 11.5 Å². The second-order valence-electron chi connectivity index (χ2n) is 7.63. The van der Waals surface area contributed by atoms with E-state index in [1.807, 2.05) is 4.90 Å². The zero-order valence-corrected chi connectivity index (χ0v) is 16.9. The number of aromatic nitrogens is 1. The Balaban J connectivity index is 2.11. The zero-order chi connectivity index (χ0) is 19.3. The molecule has 142 valence electrons. The average Bonchev–Trinajstić information content (AvgIpc) is 2.87. The molecule has 1 aromatic heterocycles. The van der Waals surface area contributed by atoms with Crippen molar-refractivity contribution in [2.75, 3.05) is 32.7 Å². The predicted molar refractivity (Wildman–Crippen MR) is 106 cm³/mol. The SMILES string of the molecule is CCCn1c(C)cc(C=C(C#N)C(=O)N2CCN(CC(C)C)CC2)c1C. The third kappa shape index (κ3) is 4.76. The number of carbonyl (C=O) groups is 1. The maximum absolute atomic E-state index is 12.8. The van der Waals surface area contributed by atoms with Gasteiger partial charge in [-0.05, 0) is 43.9 Å². The number of nitriles is 1. The molecule has 1 amide bonds. The van der Waals surface area contributed by atoms with E-state index >= 15 is 0 Å². The Morgan fingerprint density at radius 3 is 2.46 bits per heavy atom. The van der Waals surface area contributed by atoms with Crippen molar-refractivity contribution in [3.63, 3.8) is 0 Å². The van der Waals surface area contributed by atoms with Crippen molar-refractivity contribution in [3.05, 3.63) is 28.6 Å². The van der Waals surface area contributed by atoms with E-state index in [4.69, 9.17) is 0 Å². The van der Waals surface area contributed by atoms with Gasteiger partial charge in [-0.15, -0.1) is 0 Å². The van der Waals surface area contributed by atoms with Crippen LogP contribution in [0.3, 0.4) is 0 Å². The molecule has 2 heterocycles. The first-order valence-corrected chi connectivity index (χ1v) is 9.67. The number of piperazine rings is 1. The summed E-state index contributed by atoms with van der Waals surface area (Å²) >= 11 is 0. The number of amides is 1. The second-order valence-corrected chi connectivity index (χ2v) is 7.63. The summed E-state index contributed by atoms with van der Waals surface area (Å²) in [5.74, 6) is 0.488. The van der Waals surface area contributed by atoms with Gasteiger partial charge in [0.2, 0.25) is 0 Å². The normalized spacial score (nSPS) is 16.2. The molecule has 0 aromatic carbocycles. The lowest BCUT2D eigenvalue weighted by Crippen LogP contribution is -2.49. The molecule has 0 bridgehead atoms. The highest BCUT2D eigenvalue weighted by molar-refractivity contribution is 6.01. The van der Waals surface area contributed by atoms with Crippen LogP contribution in [0, 0.1) is 31.1 Å². The molecule has 2 rings (SSSR count). The molecule has 1 aliphatic rings. The third-order valence-electron chi connectivity index (χ3n) is 4.99. The van der Waals surface area contributed by atoms with E-state index in [2.05, 4.69) is 56.2 Å². The molecule has 0 aliphatic carbocycles. The minimum atomic E-state index is -0.142. The van der Waals surface area contributed by atoms with Crippen LogP contribution in [-0.4, -0.2) is 53.0 Å². The average molecular weight is 357 g/mol. The van der Waals surface area contributed by atoms with Crippen molar-refractivity contribution < 1.29 is 4.79 Å². The summed E-state index contributed by atoms with van der Waals surface area (Å²) in [5, 5.41) is 9.55. The number of rotatable bonds is 6. The van der Waals surface area contributed by atoms with Crippen molar-refractivity contribution in [1.82, 2.24) is 14.4 Å². The van der Waals surface area contributed by atoms with E-state index in [0.29, 0.717) is 19.0 Å². The van der Waals surface area contributed by atoms with E-state index in [1.54, 1.807) is 6.08 Å². The first-order valence-electron chi connectivity index (χ1n) is 9.67. The highest BCUT2D eigenvalue weighted by atomic mass is 16.2. The number of aryl methyl sites for hydroxylation is 1. The van der Waals surface area contributed by atoms with Crippen LogP contribution in [0.25, 0.3) is 6.08 Å². The minimum absolute atomic E-state index is 0.142. The molecular formula is C21H32N4O. The van der Waals surface area contributed by atoms with Crippen LogP contribution >= 0.6 is 0 Å². The Labute approximate surface area is 157 Å². The van der Waals surface area contributed by atoms with Crippen molar-refractivity contribution in [2.45, 2.75) is 47.6 Å². The van der Waals surface area contributed by atoms with Gasteiger partial charge in [0.15, 0.2) is 0 Å². The van der Waals surface area contributed by atoms with Crippen LogP contribution in [0.5, 0.6) is 0 Å². The fraction of sp³-hybridized carbons (Fsp3) is 0.619. The highest BCUT2D eigenvalue weighted by Gasteiger charge is 2.24. The molecule has 26 heavy (non-hydrogen) atoms. The van der Waals surface area contributed by atoms with Crippen molar-refractivity contribution >= 4 is 12.0 Å². The van der Waals surface area contributed by atoms with Crippen LogP contribution in [0.15, 0.2) is 11.6 Å². The first-order chi connectivity index (χ1) is 12.4. The molecule has 1 fully saturated rings. The minimum Gasteiger partial charge on any atom is -0.349 e.